The summed E-state index contributed by atoms with van der Waals surface area (Å²) in [6.07, 6.45) is 0.502. The first kappa shape index (κ1) is 24.3. The summed E-state index contributed by atoms with van der Waals surface area (Å²) in [4.78, 5) is 18.1. The molecular weight excluding hydrogens is 452 g/mol. The van der Waals surface area contributed by atoms with Crippen molar-refractivity contribution in [2.24, 2.45) is 0 Å². The Morgan fingerprint density at radius 2 is 2.06 bits per heavy atom. The second-order valence-electron chi connectivity index (χ2n) is 8.38. The molecule has 1 aliphatic heterocycles. The fourth-order valence-corrected chi connectivity index (χ4v) is 4.85. The van der Waals surface area contributed by atoms with E-state index >= 15 is 0 Å². The average Bonchev–Trinajstić information content (AvgIpc) is 3.52. The number of methoxy groups -OCH3 is 1. The number of thiazole rings is 1. The Morgan fingerprint density at radius 1 is 1.26 bits per heavy atom. The van der Waals surface area contributed by atoms with E-state index in [2.05, 4.69) is 10.3 Å². The predicted molar refractivity (Wildman–Crippen MR) is 131 cm³/mol. The third-order valence-corrected chi connectivity index (χ3v) is 6.99. The highest BCUT2D eigenvalue weighted by atomic mass is 32.1. The van der Waals surface area contributed by atoms with Crippen molar-refractivity contribution in [3.8, 4) is 16.3 Å². The van der Waals surface area contributed by atoms with Crippen LogP contribution in [0.25, 0.3) is 10.6 Å². The maximum absolute atomic E-state index is 12.9. The van der Waals surface area contributed by atoms with Crippen LogP contribution in [0.3, 0.4) is 0 Å². The van der Waals surface area contributed by atoms with E-state index in [0.717, 1.165) is 34.5 Å². The molecule has 1 aliphatic rings. The Morgan fingerprint density at radius 3 is 2.76 bits per heavy atom. The summed E-state index contributed by atoms with van der Waals surface area (Å²) in [5, 5.41) is 14.0. The standard InChI is InChI=1S/C26H30N2O5S/c1-16-6-9-19(10-7-16)25-28-17(2)23(34-25)24(29)27-14-20-13-18(8-11-21(20)31-3)15-33-26(30)22-5-4-12-32-22/h6-11,13,22,26,30H,4-5,12,14-15H2,1-3H3,(H,27,29). The van der Waals surface area contributed by atoms with E-state index in [4.69, 9.17) is 14.2 Å². The van der Waals surface area contributed by atoms with Gasteiger partial charge in [0, 0.05) is 24.3 Å². The summed E-state index contributed by atoms with van der Waals surface area (Å²) in [5.41, 5.74) is 4.58. The number of amides is 1. The molecule has 2 aromatic carbocycles. The van der Waals surface area contributed by atoms with Crippen molar-refractivity contribution in [2.45, 2.75) is 52.2 Å². The van der Waals surface area contributed by atoms with Crippen molar-refractivity contribution in [2.75, 3.05) is 13.7 Å². The highest BCUT2D eigenvalue weighted by Crippen LogP contribution is 2.28. The molecule has 1 amide bonds. The van der Waals surface area contributed by atoms with Gasteiger partial charge in [-0.25, -0.2) is 4.98 Å². The topological polar surface area (TPSA) is 89.9 Å². The van der Waals surface area contributed by atoms with E-state index in [0.29, 0.717) is 29.5 Å². The first-order valence-corrected chi connectivity index (χ1v) is 12.2. The van der Waals surface area contributed by atoms with Gasteiger partial charge in [0.15, 0.2) is 6.29 Å². The van der Waals surface area contributed by atoms with Gasteiger partial charge < -0.3 is 24.6 Å². The number of benzene rings is 2. The minimum atomic E-state index is -0.954. The first-order chi connectivity index (χ1) is 16.4. The molecule has 2 N–H and O–H groups in total. The van der Waals surface area contributed by atoms with Crippen LogP contribution in [0.1, 0.15) is 44.9 Å². The van der Waals surface area contributed by atoms with Gasteiger partial charge in [-0.1, -0.05) is 35.9 Å². The number of aromatic nitrogens is 1. The van der Waals surface area contributed by atoms with Gasteiger partial charge in [0.25, 0.3) is 5.91 Å². The molecule has 180 valence electrons. The average molecular weight is 483 g/mol. The van der Waals surface area contributed by atoms with Crippen molar-refractivity contribution in [3.63, 3.8) is 0 Å². The van der Waals surface area contributed by atoms with Crippen molar-refractivity contribution in [3.05, 3.63) is 69.7 Å². The lowest BCUT2D eigenvalue weighted by atomic mass is 10.1. The van der Waals surface area contributed by atoms with Gasteiger partial charge in [-0.05, 0) is 44.4 Å². The zero-order chi connectivity index (χ0) is 24.1. The van der Waals surface area contributed by atoms with E-state index in [-0.39, 0.29) is 18.6 Å². The van der Waals surface area contributed by atoms with Crippen LogP contribution in [0, 0.1) is 13.8 Å². The van der Waals surface area contributed by atoms with Crippen LogP contribution in [-0.4, -0.2) is 42.1 Å². The SMILES string of the molecule is COc1ccc(COC(O)C2CCCO2)cc1CNC(=O)c1sc(-c2ccc(C)cc2)nc1C. The third-order valence-electron chi connectivity index (χ3n) is 5.79. The minimum Gasteiger partial charge on any atom is -0.496 e. The Labute approximate surface area is 203 Å². The van der Waals surface area contributed by atoms with Crippen LogP contribution < -0.4 is 10.1 Å². The van der Waals surface area contributed by atoms with Crippen LogP contribution in [-0.2, 0) is 22.6 Å². The molecule has 0 saturated carbocycles. The summed E-state index contributed by atoms with van der Waals surface area (Å²) in [7, 11) is 1.60. The third kappa shape index (κ3) is 5.82. The Hall–Kier alpha value is -2.78. The number of aryl methyl sites for hydroxylation is 2. The summed E-state index contributed by atoms with van der Waals surface area (Å²) >= 11 is 1.38. The molecule has 2 unspecified atom stereocenters. The van der Waals surface area contributed by atoms with Crippen LogP contribution in [0.15, 0.2) is 42.5 Å². The van der Waals surface area contributed by atoms with Crippen molar-refractivity contribution < 1.29 is 24.1 Å². The molecule has 0 radical (unpaired) electrons. The van der Waals surface area contributed by atoms with Crippen molar-refractivity contribution in [1.82, 2.24) is 10.3 Å². The van der Waals surface area contributed by atoms with Gasteiger partial charge in [-0.3, -0.25) is 4.79 Å². The van der Waals surface area contributed by atoms with E-state index in [9.17, 15) is 9.90 Å². The normalized spacial score (nSPS) is 16.4. The molecular formula is C26H30N2O5S. The maximum Gasteiger partial charge on any atom is 0.263 e. The monoisotopic (exact) mass is 482 g/mol. The van der Waals surface area contributed by atoms with Crippen LogP contribution >= 0.6 is 11.3 Å². The van der Waals surface area contributed by atoms with E-state index < -0.39 is 6.29 Å². The molecule has 2 heterocycles. The number of carbonyl (C=O) groups excluding carboxylic acids is 1. The molecule has 0 aliphatic carbocycles. The number of aliphatic hydroxyl groups is 1. The number of ether oxygens (including phenoxy) is 3. The molecule has 0 bridgehead atoms. The lowest BCUT2D eigenvalue weighted by molar-refractivity contribution is -0.171. The van der Waals surface area contributed by atoms with E-state index in [1.807, 2.05) is 56.3 Å². The molecule has 1 fully saturated rings. The fourth-order valence-electron chi connectivity index (χ4n) is 3.86. The Balaban J connectivity index is 1.40. The molecule has 8 heteroatoms. The van der Waals surface area contributed by atoms with Crippen molar-refractivity contribution in [1.29, 1.82) is 0 Å². The zero-order valence-corrected chi connectivity index (χ0v) is 20.5. The summed E-state index contributed by atoms with van der Waals surface area (Å²) in [6.45, 7) is 5.07. The highest BCUT2D eigenvalue weighted by Gasteiger charge is 2.24. The van der Waals surface area contributed by atoms with Gasteiger partial charge >= 0.3 is 0 Å². The Bertz CT molecular complexity index is 1120. The Kier molecular flexibility index (Phi) is 7.95. The number of nitrogens with zero attached hydrogens (tertiary/aromatic N) is 1. The van der Waals surface area contributed by atoms with Crippen LogP contribution in [0.2, 0.25) is 0 Å². The van der Waals surface area contributed by atoms with Gasteiger partial charge in [0.05, 0.1) is 19.4 Å². The molecule has 3 aromatic rings. The second kappa shape index (κ2) is 11.1. The predicted octanol–water partition coefficient (Wildman–Crippen LogP) is 4.38. The number of rotatable bonds is 9. The number of hydrogen-bond acceptors (Lipinski definition) is 7. The smallest absolute Gasteiger partial charge is 0.263 e. The first-order valence-electron chi connectivity index (χ1n) is 11.3. The second-order valence-corrected chi connectivity index (χ2v) is 9.38. The summed E-state index contributed by atoms with van der Waals surface area (Å²) in [6, 6.07) is 13.7. The molecule has 0 spiro atoms. The quantitative estimate of drug-likeness (QED) is 0.440. The summed E-state index contributed by atoms with van der Waals surface area (Å²) in [5.74, 6) is 0.496. The highest BCUT2D eigenvalue weighted by molar-refractivity contribution is 7.17. The minimum absolute atomic E-state index is 0.175. The number of hydrogen-bond donors (Lipinski definition) is 2. The van der Waals surface area contributed by atoms with Gasteiger partial charge in [0.1, 0.15) is 21.7 Å². The van der Waals surface area contributed by atoms with E-state index in [1.165, 1.54) is 16.9 Å². The van der Waals surface area contributed by atoms with Crippen LogP contribution in [0.5, 0.6) is 5.75 Å². The van der Waals surface area contributed by atoms with Gasteiger partial charge in [0.2, 0.25) is 0 Å². The molecule has 1 saturated heterocycles. The van der Waals surface area contributed by atoms with Gasteiger partial charge in [-0.15, -0.1) is 11.3 Å². The summed E-state index contributed by atoms with van der Waals surface area (Å²) < 4.78 is 16.5. The lowest BCUT2D eigenvalue weighted by Gasteiger charge is -2.18. The van der Waals surface area contributed by atoms with Gasteiger partial charge in [-0.2, -0.15) is 0 Å². The van der Waals surface area contributed by atoms with Crippen LogP contribution in [0.4, 0.5) is 0 Å². The number of carbonyl (C=O) groups is 1. The molecule has 4 rings (SSSR count). The van der Waals surface area contributed by atoms with Crippen molar-refractivity contribution >= 4 is 17.2 Å². The largest absolute Gasteiger partial charge is 0.496 e. The molecule has 7 nitrogen and oxygen atoms in total. The maximum atomic E-state index is 12.9. The number of aliphatic hydroxyl groups excluding tert-OH is 1. The van der Waals surface area contributed by atoms with E-state index in [1.54, 1.807) is 7.11 Å². The molecule has 1 aromatic heterocycles. The molecule has 2 atom stereocenters. The number of nitrogens with one attached hydrogen (secondary N) is 1. The lowest BCUT2D eigenvalue weighted by Crippen LogP contribution is -2.27. The fraction of sp³-hybridized carbons (Fsp3) is 0.385. The molecule has 34 heavy (non-hydrogen) atoms. The zero-order valence-electron chi connectivity index (χ0n) is 19.7.